The number of hydrogen-bond donors (Lipinski definition) is 1. The van der Waals surface area contributed by atoms with Crippen molar-refractivity contribution < 1.29 is 18.3 Å². The van der Waals surface area contributed by atoms with E-state index in [-0.39, 0.29) is 6.42 Å². The van der Waals surface area contributed by atoms with Crippen molar-refractivity contribution in [1.82, 2.24) is 0 Å². The molecule has 2 aliphatic heterocycles. The predicted octanol–water partition coefficient (Wildman–Crippen LogP) is 3.51. The normalized spacial score (nSPS) is 39.0. The zero-order valence-corrected chi connectivity index (χ0v) is 9.91. The zero-order chi connectivity index (χ0) is 11.8. The van der Waals surface area contributed by atoms with Crippen molar-refractivity contribution in [3.8, 4) is 0 Å². The van der Waals surface area contributed by atoms with E-state index in [1.165, 1.54) is 0 Å². The largest absolute Gasteiger partial charge is 0.390 e. The van der Waals surface area contributed by atoms with Crippen molar-refractivity contribution in [2.75, 3.05) is 0 Å². The van der Waals surface area contributed by atoms with E-state index >= 15 is 0 Å². The Balaban J connectivity index is 1.80. The molecule has 1 nitrogen and oxygen atoms in total. The second-order valence-electron chi connectivity index (χ2n) is 5.06. The molecular formula is C11H17F3OS. The molecule has 1 N–H and O–H groups in total. The Morgan fingerprint density at radius 3 is 2.25 bits per heavy atom. The molecule has 2 unspecified atom stereocenters. The van der Waals surface area contributed by atoms with Crippen molar-refractivity contribution in [3.05, 3.63) is 0 Å². The first kappa shape index (κ1) is 12.6. The van der Waals surface area contributed by atoms with E-state index in [9.17, 15) is 18.3 Å². The number of halogens is 3. The highest BCUT2D eigenvalue weighted by molar-refractivity contribution is 8.00. The van der Waals surface area contributed by atoms with Gasteiger partial charge >= 0.3 is 6.18 Å². The van der Waals surface area contributed by atoms with Crippen LogP contribution in [0.3, 0.4) is 0 Å². The summed E-state index contributed by atoms with van der Waals surface area (Å²) in [5.41, 5.74) is -0.817. The molecule has 2 fully saturated rings. The monoisotopic (exact) mass is 254 g/mol. The van der Waals surface area contributed by atoms with Crippen molar-refractivity contribution >= 4 is 11.8 Å². The molecule has 2 rings (SSSR count). The minimum atomic E-state index is -4.08. The average Bonchev–Trinajstić information content (AvgIpc) is 2.43. The lowest BCUT2D eigenvalue weighted by Crippen LogP contribution is -2.37. The third-order valence-corrected chi connectivity index (χ3v) is 5.09. The molecule has 5 heteroatoms. The van der Waals surface area contributed by atoms with Crippen LogP contribution in [0.1, 0.15) is 44.9 Å². The zero-order valence-electron chi connectivity index (χ0n) is 9.09. The van der Waals surface area contributed by atoms with Gasteiger partial charge < -0.3 is 5.11 Å². The Hall–Kier alpha value is 0.100. The van der Waals surface area contributed by atoms with Crippen LogP contribution in [-0.4, -0.2) is 27.4 Å². The van der Waals surface area contributed by atoms with Gasteiger partial charge in [0.25, 0.3) is 0 Å². The molecule has 0 aliphatic carbocycles. The molecule has 2 heterocycles. The third kappa shape index (κ3) is 3.29. The molecule has 0 aromatic heterocycles. The van der Waals surface area contributed by atoms with E-state index < -0.39 is 18.2 Å². The second-order valence-corrected chi connectivity index (χ2v) is 6.66. The molecule has 0 spiro atoms. The molecule has 0 aromatic rings. The Morgan fingerprint density at radius 1 is 1.19 bits per heavy atom. The average molecular weight is 254 g/mol. The minimum absolute atomic E-state index is 0.0596. The van der Waals surface area contributed by atoms with Gasteiger partial charge in [-0.3, -0.25) is 0 Å². The van der Waals surface area contributed by atoms with Gasteiger partial charge in [0.05, 0.1) is 5.60 Å². The molecule has 16 heavy (non-hydrogen) atoms. The topological polar surface area (TPSA) is 20.2 Å². The van der Waals surface area contributed by atoms with Crippen molar-refractivity contribution in [3.63, 3.8) is 0 Å². The standard InChI is InChI=1S/C11H17F3OS/c12-11(13,14)5-1-4-10(15)6-8-2-3-9(7-10)16-8/h8-9,15H,1-7H2. The Bertz CT molecular complexity index is 242. The number of hydrogen-bond acceptors (Lipinski definition) is 2. The quantitative estimate of drug-likeness (QED) is 0.831. The Morgan fingerprint density at radius 2 is 1.75 bits per heavy atom. The van der Waals surface area contributed by atoms with E-state index in [1.54, 1.807) is 0 Å². The highest BCUT2D eigenvalue weighted by Gasteiger charge is 2.43. The van der Waals surface area contributed by atoms with E-state index in [0.29, 0.717) is 29.8 Å². The summed E-state index contributed by atoms with van der Waals surface area (Å²) in [5.74, 6) is 0. The highest BCUT2D eigenvalue weighted by atomic mass is 32.2. The number of fused-ring (bicyclic) bond motifs is 2. The molecule has 2 saturated heterocycles. The van der Waals surface area contributed by atoms with E-state index in [4.69, 9.17) is 0 Å². The van der Waals surface area contributed by atoms with Crippen LogP contribution in [0.4, 0.5) is 13.2 Å². The van der Waals surface area contributed by atoms with Crippen LogP contribution in [0.5, 0.6) is 0 Å². The van der Waals surface area contributed by atoms with Crippen molar-refractivity contribution in [2.24, 2.45) is 0 Å². The Kier molecular flexibility index (Phi) is 3.46. The summed E-state index contributed by atoms with van der Waals surface area (Å²) in [6.07, 6.45) is -0.868. The maximum Gasteiger partial charge on any atom is 0.389 e. The number of aliphatic hydroxyl groups is 1. The second kappa shape index (κ2) is 4.41. The molecule has 2 bridgehead atoms. The van der Waals surface area contributed by atoms with Crippen molar-refractivity contribution in [2.45, 2.75) is 67.2 Å². The first-order chi connectivity index (χ1) is 7.36. The molecule has 0 radical (unpaired) electrons. The first-order valence-electron chi connectivity index (χ1n) is 5.81. The van der Waals surface area contributed by atoms with Crippen LogP contribution in [0.25, 0.3) is 0 Å². The summed E-state index contributed by atoms with van der Waals surface area (Å²) >= 11 is 1.91. The summed E-state index contributed by atoms with van der Waals surface area (Å²) in [7, 11) is 0. The fourth-order valence-electron chi connectivity index (χ4n) is 2.83. The molecular weight excluding hydrogens is 237 g/mol. The summed E-state index contributed by atoms with van der Waals surface area (Å²) in [5, 5.41) is 11.2. The fourth-order valence-corrected chi connectivity index (χ4v) is 4.73. The summed E-state index contributed by atoms with van der Waals surface area (Å²) in [6.45, 7) is 0. The fraction of sp³-hybridized carbons (Fsp3) is 1.00. The van der Waals surface area contributed by atoms with Crippen molar-refractivity contribution in [1.29, 1.82) is 0 Å². The highest BCUT2D eigenvalue weighted by Crippen LogP contribution is 2.49. The smallest absolute Gasteiger partial charge is 0.389 e. The SMILES string of the molecule is OC1(CCCC(F)(F)F)CC2CCC(C1)S2. The molecule has 0 saturated carbocycles. The van der Waals surface area contributed by atoms with Gasteiger partial charge in [-0.25, -0.2) is 0 Å². The van der Waals surface area contributed by atoms with E-state index in [1.807, 2.05) is 11.8 Å². The predicted molar refractivity (Wildman–Crippen MR) is 58.5 cm³/mol. The van der Waals surface area contributed by atoms with Crippen LogP contribution in [0, 0.1) is 0 Å². The number of rotatable bonds is 3. The summed E-state index contributed by atoms with van der Waals surface area (Å²) in [6, 6.07) is 0. The van der Waals surface area contributed by atoms with E-state index in [2.05, 4.69) is 0 Å². The van der Waals surface area contributed by atoms with Crippen LogP contribution in [0.15, 0.2) is 0 Å². The maximum atomic E-state index is 12.0. The lowest BCUT2D eigenvalue weighted by atomic mass is 9.88. The Labute approximate surface area is 97.8 Å². The minimum Gasteiger partial charge on any atom is -0.390 e. The van der Waals surface area contributed by atoms with Crippen LogP contribution >= 0.6 is 11.8 Å². The maximum absolute atomic E-state index is 12.0. The van der Waals surface area contributed by atoms with Crippen LogP contribution in [0.2, 0.25) is 0 Å². The number of thioether (sulfide) groups is 1. The first-order valence-corrected chi connectivity index (χ1v) is 6.75. The molecule has 0 aromatic carbocycles. The van der Waals surface area contributed by atoms with Crippen LogP contribution in [-0.2, 0) is 0 Å². The van der Waals surface area contributed by atoms with Crippen LogP contribution < -0.4 is 0 Å². The molecule has 2 aliphatic rings. The van der Waals surface area contributed by atoms with Gasteiger partial charge in [-0.05, 0) is 38.5 Å². The van der Waals surface area contributed by atoms with Gasteiger partial charge in [0.1, 0.15) is 0 Å². The van der Waals surface area contributed by atoms with Gasteiger partial charge in [0.15, 0.2) is 0 Å². The summed E-state index contributed by atoms with van der Waals surface area (Å²) < 4.78 is 36.0. The summed E-state index contributed by atoms with van der Waals surface area (Å²) in [4.78, 5) is 0. The van der Waals surface area contributed by atoms with Gasteiger partial charge in [-0.1, -0.05) is 0 Å². The van der Waals surface area contributed by atoms with Gasteiger partial charge in [0, 0.05) is 16.9 Å². The van der Waals surface area contributed by atoms with E-state index in [0.717, 1.165) is 12.8 Å². The van der Waals surface area contributed by atoms with Gasteiger partial charge in [-0.15, -0.1) is 0 Å². The number of alkyl halides is 3. The molecule has 94 valence electrons. The van der Waals surface area contributed by atoms with Gasteiger partial charge in [0.2, 0.25) is 0 Å². The lowest BCUT2D eigenvalue weighted by molar-refractivity contribution is -0.138. The van der Waals surface area contributed by atoms with Gasteiger partial charge in [-0.2, -0.15) is 24.9 Å². The molecule has 0 amide bonds. The molecule has 2 atom stereocenters. The lowest BCUT2D eigenvalue weighted by Gasteiger charge is -2.36. The third-order valence-electron chi connectivity index (χ3n) is 3.51.